The van der Waals surface area contributed by atoms with Gasteiger partial charge in [0.15, 0.2) is 6.04 Å². The van der Waals surface area contributed by atoms with Crippen LogP contribution in [0.1, 0.15) is 11.3 Å². The van der Waals surface area contributed by atoms with Crippen molar-refractivity contribution >= 4 is 33.7 Å². The molecule has 1 aromatic carbocycles. The van der Waals surface area contributed by atoms with Crippen LogP contribution < -0.4 is 0 Å². The number of thioether (sulfide) groups is 1. The Hall–Kier alpha value is -1.88. The summed E-state index contributed by atoms with van der Waals surface area (Å²) in [5.41, 5.74) is 2.81. The van der Waals surface area contributed by atoms with Gasteiger partial charge in [-0.3, -0.25) is 4.99 Å². The SMILES string of the molecule is Cc1cc(C2=NC(C(=O)O)CS2)nc2ccccc12. The van der Waals surface area contributed by atoms with Crippen LogP contribution >= 0.6 is 11.8 Å². The number of carbonyl (C=O) groups is 1. The van der Waals surface area contributed by atoms with Crippen LogP contribution in [-0.4, -0.2) is 32.9 Å². The largest absolute Gasteiger partial charge is 0.480 e. The normalized spacial score (nSPS) is 18.6. The van der Waals surface area contributed by atoms with Gasteiger partial charge >= 0.3 is 5.97 Å². The zero-order valence-electron chi connectivity index (χ0n) is 10.3. The lowest BCUT2D eigenvalue weighted by atomic mass is 10.1. The van der Waals surface area contributed by atoms with Crippen LogP contribution in [0.25, 0.3) is 10.9 Å². The zero-order valence-corrected chi connectivity index (χ0v) is 11.1. The predicted molar refractivity (Wildman–Crippen MR) is 76.9 cm³/mol. The summed E-state index contributed by atoms with van der Waals surface area (Å²) >= 11 is 1.46. The van der Waals surface area contributed by atoms with Crippen LogP contribution in [-0.2, 0) is 4.79 Å². The van der Waals surface area contributed by atoms with Gasteiger partial charge in [0.1, 0.15) is 5.04 Å². The van der Waals surface area contributed by atoms with E-state index >= 15 is 0 Å². The van der Waals surface area contributed by atoms with E-state index < -0.39 is 12.0 Å². The van der Waals surface area contributed by atoms with Gasteiger partial charge in [0.25, 0.3) is 0 Å². The average Bonchev–Trinajstić information content (AvgIpc) is 2.88. The highest BCUT2D eigenvalue weighted by atomic mass is 32.2. The van der Waals surface area contributed by atoms with Crippen molar-refractivity contribution in [3.05, 3.63) is 41.6 Å². The minimum Gasteiger partial charge on any atom is -0.480 e. The maximum absolute atomic E-state index is 10.9. The van der Waals surface area contributed by atoms with E-state index in [4.69, 9.17) is 5.11 Å². The maximum Gasteiger partial charge on any atom is 0.329 e. The van der Waals surface area contributed by atoms with Gasteiger partial charge in [-0.15, -0.1) is 11.8 Å². The van der Waals surface area contributed by atoms with E-state index in [2.05, 4.69) is 9.98 Å². The quantitative estimate of drug-likeness (QED) is 0.912. The zero-order chi connectivity index (χ0) is 13.4. The number of fused-ring (bicyclic) bond motifs is 1. The summed E-state index contributed by atoms with van der Waals surface area (Å²) in [5, 5.41) is 10.8. The summed E-state index contributed by atoms with van der Waals surface area (Å²) in [7, 11) is 0. The van der Waals surface area contributed by atoms with Crippen molar-refractivity contribution in [1.29, 1.82) is 0 Å². The number of carboxylic acids is 1. The van der Waals surface area contributed by atoms with E-state index in [0.29, 0.717) is 5.75 Å². The summed E-state index contributed by atoms with van der Waals surface area (Å²) in [6.07, 6.45) is 0. The molecule has 1 aliphatic heterocycles. The first-order valence-corrected chi connectivity index (χ1v) is 6.94. The number of carboxylic acid groups (broad SMARTS) is 1. The summed E-state index contributed by atoms with van der Waals surface area (Å²) in [6, 6.07) is 9.25. The molecule has 1 unspecified atom stereocenters. The van der Waals surface area contributed by atoms with Gasteiger partial charge in [0, 0.05) is 11.1 Å². The molecule has 1 N–H and O–H groups in total. The van der Waals surface area contributed by atoms with E-state index in [0.717, 1.165) is 27.2 Å². The number of para-hydroxylation sites is 1. The lowest BCUT2D eigenvalue weighted by molar-refractivity contribution is -0.137. The van der Waals surface area contributed by atoms with Crippen molar-refractivity contribution in [1.82, 2.24) is 4.98 Å². The lowest BCUT2D eigenvalue weighted by Crippen LogP contribution is -2.17. The van der Waals surface area contributed by atoms with Gasteiger partial charge in [-0.2, -0.15) is 0 Å². The Kier molecular flexibility index (Phi) is 2.98. The Morgan fingerprint density at radius 3 is 2.95 bits per heavy atom. The summed E-state index contributed by atoms with van der Waals surface area (Å²) < 4.78 is 0. The second-order valence-electron chi connectivity index (χ2n) is 4.44. The first kappa shape index (κ1) is 12.2. The Labute approximate surface area is 114 Å². The molecule has 2 aromatic rings. The van der Waals surface area contributed by atoms with E-state index in [1.54, 1.807) is 0 Å². The van der Waals surface area contributed by atoms with Crippen LogP contribution in [0.15, 0.2) is 35.3 Å². The van der Waals surface area contributed by atoms with Gasteiger partial charge in [-0.25, -0.2) is 9.78 Å². The van der Waals surface area contributed by atoms with Crippen molar-refractivity contribution in [3.63, 3.8) is 0 Å². The highest BCUT2D eigenvalue weighted by Crippen LogP contribution is 2.25. The molecule has 2 heterocycles. The topological polar surface area (TPSA) is 62.5 Å². The second kappa shape index (κ2) is 4.66. The Bertz CT molecular complexity index is 697. The van der Waals surface area contributed by atoms with Crippen LogP contribution in [0.3, 0.4) is 0 Å². The Morgan fingerprint density at radius 1 is 1.42 bits per heavy atom. The van der Waals surface area contributed by atoms with Crippen molar-refractivity contribution in [2.24, 2.45) is 4.99 Å². The van der Waals surface area contributed by atoms with Crippen LogP contribution in [0.5, 0.6) is 0 Å². The minimum atomic E-state index is -0.875. The third kappa shape index (κ3) is 2.21. The van der Waals surface area contributed by atoms with E-state index in [1.807, 2.05) is 37.3 Å². The van der Waals surface area contributed by atoms with Crippen LogP contribution in [0, 0.1) is 6.92 Å². The van der Waals surface area contributed by atoms with Crippen molar-refractivity contribution in [2.45, 2.75) is 13.0 Å². The third-order valence-corrected chi connectivity index (χ3v) is 4.15. The molecule has 0 fully saturated rings. The molecule has 4 nitrogen and oxygen atoms in total. The molecule has 1 atom stereocenters. The number of aliphatic imine (C=N–C) groups is 1. The molecule has 96 valence electrons. The van der Waals surface area contributed by atoms with E-state index in [1.165, 1.54) is 11.8 Å². The van der Waals surface area contributed by atoms with E-state index in [9.17, 15) is 4.79 Å². The highest BCUT2D eigenvalue weighted by molar-refractivity contribution is 8.14. The third-order valence-electron chi connectivity index (χ3n) is 3.08. The fraction of sp³-hybridized carbons (Fsp3) is 0.214. The smallest absolute Gasteiger partial charge is 0.329 e. The van der Waals surface area contributed by atoms with Crippen molar-refractivity contribution < 1.29 is 9.90 Å². The molecular weight excluding hydrogens is 260 g/mol. The molecular formula is C14H12N2O2S. The molecule has 1 aromatic heterocycles. The second-order valence-corrected chi connectivity index (χ2v) is 5.45. The predicted octanol–water partition coefficient (Wildman–Crippen LogP) is 2.49. The molecule has 0 saturated carbocycles. The van der Waals surface area contributed by atoms with Crippen molar-refractivity contribution in [2.75, 3.05) is 5.75 Å². The first-order valence-electron chi connectivity index (χ1n) is 5.95. The standard InChI is InChI=1S/C14H12N2O2S/c1-8-6-11(13-16-12(7-19-13)14(17)18)15-10-5-3-2-4-9(8)10/h2-6,12H,7H2,1H3,(H,17,18). The average molecular weight is 272 g/mol. The molecule has 0 aliphatic carbocycles. The van der Waals surface area contributed by atoms with Gasteiger partial charge in [-0.1, -0.05) is 18.2 Å². The number of aromatic nitrogens is 1. The lowest BCUT2D eigenvalue weighted by Gasteiger charge is -2.05. The number of hydrogen-bond donors (Lipinski definition) is 1. The minimum absolute atomic E-state index is 0.484. The number of pyridine rings is 1. The first-order chi connectivity index (χ1) is 9.15. The number of rotatable bonds is 2. The highest BCUT2D eigenvalue weighted by Gasteiger charge is 2.26. The molecule has 0 spiro atoms. The molecule has 3 rings (SSSR count). The maximum atomic E-state index is 10.9. The summed E-state index contributed by atoms with van der Waals surface area (Å²) in [4.78, 5) is 19.7. The molecule has 1 aliphatic rings. The molecule has 0 bridgehead atoms. The van der Waals surface area contributed by atoms with Crippen LogP contribution in [0.4, 0.5) is 0 Å². The van der Waals surface area contributed by atoms with Gasteiger partial charge in [-0.05, 0) is 24.6 Å². The molecule has 5 heteroatoms. The Morgan fingerprint density at radius 2 is 2.21 bits per heavy atom. The number of aliphatic carboxylic acids is 1. The molecule has 0 saturated heterocycles. The monoisotopic (exact) mass is 272 g/mol. The van der Waals surface area contributed by atoms with Gasteiger partial charge < -0.3 is 5.11 Å². The number of nitrogens with zero attached hydrogens (tertiary/aromatic N) is 2. The fourth-order valence-electron chi connectivity index (χ4n) is 2.10. The number of hydrogen-bond acceptors (Lipinski definition) is 4. The van der Waals surface area contributed by atoms with E-state index in [-0.39, 0.29) is 0 Å². The summed E-state index contributed by atoms with van der Waals surface area (Å²) in [6.45, 7) is 2.03. The van der Waals surface area contributed by atoms with Gasteiger partial charge in [0.05, 0.1) is 11.2 Å². The van der Waals surface area contributed by atoms with Gasteiger partial charge in [0.2, 0.25) is 0 Å². The number of benzene rings is 1. The molecule has 19 heavy (non-hydrogen) atoms. The van der Waals surface area contributed by atoms with Crippen molar-refractivity contribution in [3.8, 4) is 0 Å². The Balaban J connectivity index is 2.07. The molecule has 0 radical (unpaired) electrons. The fourth-order valence-corrected chi connectivity index (χ4v) is 3.09. The number of aryl methyl sites for hydroxylation is 1. The van der Waals surface area contributed by atoms with Crippen LogP contribution in [0.2, 0.25) is 0 Å². The molecule has 0 amide bonds. The summed E-state index contributed by atoms with van der Waals surface area (Å²) in [5.74, 6) is -0.391.